The molecule has 3 N–H and O–H groups in total. The maximum Gasteiger partial charge on any atom is 0.255 e. The van der Waals surface area contributed by atoms with Gasteiger partial charge < -0.3 is 10.3 Å². The van der Waals surface area contributed by atoms with E-state index in [1.165, 1.54) is 6.07 Å². The molecule has 2 heterocycles. The maximum atomic E-state index is 12.3. The third-order valence-electron chi connectivity index (χ3n) is 3.22. The summed E-state index contributed by atoms with van der Waals surface area (Å²) in [7, 11) is 0. The van der Waals surface area contributed by atoms with Gasteiger partial charge in [-0.2, -0.15) is 5.10 Å². The summed E-state index contributed by atoms with van der Waals surface area (Å²) in [6.45, 7) is 3.54. The lowest BCUT2D eigenvalue weighted by atomic mass is 10.1. The number of nitrogens with one attached hydrogen (secondary N) is 3. The zero-order chi connectivity index (χ0) is 16.4. The first-order valence-electron chi connectivity index (χ1n) is 7.03. The van der Waals surface area contributed by atoms with Crippen LogP contribution in [-0.4, -0.2) is 26.1 Å². The Morgan fingerprint density at radius 1 is 1.17 bits per heavy atom. The van der Waals surface area contributed by atoms with Crippen molar-refractivity contribution in [3.05, 3.63) is 63.8 Å². The molecule has 0 aliphatic carbocycles. The van der Waals surface area contributed by atoms with Gasteiger partial charge in [-0.25, -0.2) is 4.98 Å². The van der Waals surface area contributed by atoms with Crippen LogP contribution in [0.15, 0.2) is 41.2 Å². The number of H-pyrrole nitrogens is 2. The Balaban J connectivity index is 1.85. The van der Waals surface area contributed by atoms with Gasteiger partial charge in [-0.1, -0.05) is 12.1 Å². The van der Waals surface area contributed by atoms with Crippen LogP contribution >= 0.6 is 0 Å². The molecule has 0 saturated carbocycles. The smallest absolute Gasteiger partial charge is 0.255 e. The summed E-state index contributed by atoms with van der Waals surface area (Å²) in [5.74, 6) is 0.932. The molecule has 3 aromatic rings. The van der Waals surface area contributed by atoms with E-state index in [4.69, 9.17) is 0 Å². The quantitative estimate of drug-likeness (QED) is 0.688. The number of aromatic amines is 2. The number of aryl methyl sites for hydroxylation is 2. The van der Waals surface area contributed by atoms with E-state index in [-0.39, 0.29) is 11.5 Å². The molecule has 0 saturated heterocycles. The van der Waals surface area contributed by atoms with Crippen LogP contribution < -0.4 is 10.9 Å². The first kappa shape index (κ1) is 14.7. The molecule has 2 aromatic heterocycles. The third-order valence-corrected chi connectivity index (χ3v) is 3.22. The zero-order valence-electron chi connectivity index (χ0n) is 12.7. The van der Waals surface area contributed by atoms with Crippen molar-refractivity contribution in [3.8, 4) is 11.4 Å². The predicted octanol–water partition coefficient (Wildman–Crippen LogP) is 2.03. The van der Waals surface area contributed by atoms with E-state index in [1.807, 2.05) is 13.0 Å². The molecule has 1 amide bonds. The lowest BCUT2D eigenvalue weighted by Crippen LogP contribution is -2.16. The molecular weight excluding hydrogens is 294 g/mol. The summed E-state index contributed by atoms with van der Waals surface area (Å²) in [6.07, 6.45) is 0. The fourth-order valence-corrected chi connectivity index (χ4v) is 2.22. The number of hydrogen-bond acceptors (Lipinski definition) is 4. The van der Waals surface area contributed by atoms with Crippen LogP contribution in [0.3, 0.4) is 0 Å². The van der Waals surface area contributed by atoms with Gasteiger partial charge in [0.2, 0.25) is 5.56 Å². The van der Waals surface area contributed by atoms with E-state index in [9.17, 15) is 9.59 Å². The summed E-state index contributed by atoms with van der Waals surface area (Å²) in [5, 5.41) is 9.64. The highest BCUT2D eigenvalue weighted by atomic mass is 16.2. The van der Waals surface area contributed by atoms with Crippen LogP contribution in [-0.2, 0) is 0 Å². The summed E-state index contributed by atoms with van der Waals surface area (Å²) in [6, 6.07) is 10.1. The van der Waals surface area contributed by atoms with E-state index in [0.29, 0.717) is 28.6 Å². The van der Waals surface area contributed by atoms with Crippen LogP contribution in [0, 0.1) is 13.8 Å². The highest BCUT2D eigenvalue weighted by Crippen LogP contribution is 2.19. The molecule has 0 fully saturated rings. The van der Waals surface area contributed by atoms with Gasteiger partial charge in [0.25, 0.3) is 5.91 Å². The fourth-order valence-electron chi connectivity index (χ4n) is 2.22. The second kappa shape index (κ2) is 5.88. The molecule has 0 aliphatic rings. The van der Waals surface area contributed by atoms with E-state index in [2.05, 4.69) is 25.5 Å². The zero-order valence-corrected chi connectivity index (χ0v) is 12.7. The van der Waals surface area contributed by atoms with E-state index in [0.717, 1.165) is 5.56 Å². The van der Waals surface area contributed by atoms with Gasteiger partial charge in [0, 0.05) is 28.6 Å². The van der Waals surface area contributed by atoms with Crippen molar-refractivity contribution in [2.24, 2.45) is 0 Å². The second-order valence-corrected chi connectivity index (χ2v) is 5.20. The summed E-state index contributed by atoms with van der Waals surface area (Å²) in [5.41, 5.74) is 2.03. The van der Waals surface area contributed by atoms with Crippen molar-refractivity contribution in [2.75, 3.05) is 5.32 Å². The Morgan fingerprint density at radius 2 is 2.00 bits per heavy atom. The largest absolute Gasteiger partial charge is 0.326 e. The lowest BCUT2D eigenvalue weighted by molar-refractivity contribution is 0.102. The van der Waals surface area contributed by atoms with E-state index >= 15 is 0 Å². The Labute approximate surface area is 131 Å². The van der Waals surface area contributed by atoms with E-state index < -0.39 is 0 Å². The van der Waals surface area contributed by atoms with Crippen LogP contribution in [0.5, 0.6) is 0 Å². The summed E-state index contributed by atoms with van der Waals surface area (Å²) in [4.78, 5) is 30.6. The molecule has 23 heavy (non-hydrogen) atoms. The predicted molar refractivity (Wildman–Crippen MR) is 86.3 cm³/mol. The number of anilines is 1. The van der Waals surface area contributed by atoms with Crippen LogP contribution in [0.1, 0.15) is 21.9 Å². The molecule has 0 spiro atoms. The van der Waals surface area contributed by atoms with Gasteiger partial charge >= 0.3 is 0 Å². The molecule has 1 aromatic carbocycles. The number of pyridine rings is 1. The number of hydrogen-bond donors (Lipinski definition) is 3. The van der Waals surface area contributed by atoms with Crippen LogP contribution in [0.2, 0.25) is 0 Å². The van der Waals surface area contributed by atoms with Crippen molar-refractivity contribution >= 4 is 11.6 Å². The number of carbonyl (C=O) groups excluding carboxylic acids is 1. The van der Waals surface area contributed by atoms with Crippen molar-refractivity contribution in [3.63, 3.8) is 0 Å². The van der Waals surface area contributed by atoms with Crippen LogP contribution in [0.25, 0.3) is 11.4 Å². The molecule has 3 rings (SSSR count). The minimum atomic E-state index is -0.345. The van der Waals surface area contributed by atoms with Gasteiger partial charge in [0.15, 0.2) is 5.82 Å². The topological polar surface area (TPSA) is 104 Å². The highest BCUT2D eigenvalue weighted by molar-refractivity contribution is 6.04. The fraction of sp³-hybridized carbons (Fsp3) is 0.125. The lowest BCUT2D eigenvalue weighted by Gasteiger charge is -2.06. The van der Waals surface area contributed by atoms with Crippen molar-refractivity contribution in [1.82, 2.24) is 20.2 Å². The average molecular weight is 309 g/mol. The molecule has 0 bridgehead atoms. The van der Waals surface area contributed by atoms with E-state index in [1.54, 1.807) is 31.2 Å². The standard InChI is InChI=1S/C16H15N5O2/c1-9-6-12(8-14(22)17-9)16(23)19-13-5-3-4-11(7-13)15-18-10(2)20-21-15/h3-8H,1-2H3,(H,17,22)(H,19,23)(H,18,20,21). The Bertz CT molecular complexity index is 926. The molecule has 0 atom stereocenters. The summed E-state index contributed by atoms with van der Waals surface area (Å²) < 4.78 is 0. The van der Waals surface area contributed by atoms with Gasteiger partial charge in [-0.05, 0) is 32.0 Å². The number of aromatic nitrogens is 4. The van der Waals surface area contributed by atoms with Crippen molar-refractivity contribution in [2.45, 2.75) is 13.8 Å². The van der Waals surface area contributed by atoms with Crippen LogP contribution in [0.4, 0.5) is 5.69 Å². The van der Waals surface area contributed by atoms with Gasteiger partial charge in [-0.3, -0.25) is 14.7 Å². The minimum absolute atomic E-state index is 0.305. The Kier molecular flexibility index (Phi) is 3.76. The Hall–Kier alpha value is -3.22. The molecule has 0 radical (unpaired) electrons. The molecule has 0 unspecified atom stereocenters. The number of benzene rings is 1. The Morgan fingerprint density at radius 3 is 2.70 bits per heavy atom. The SMILES string of the molecule is Cc1cc(C(=O)Nc2cccc(-c3n[nH]c(C)n3)c2)cc(=O)[nH]1. The first-order chi connectivity index (χ1) is 11.0. The van der Waals surface area contributed by atoms with Crippen molar-refractivity contribution in [1.29, 1.82) is 0 Å². The van der Waals surface area contributed by atoms with Gasteiger partial charge in [-0.15, -0.1) is 0 Å². The molecule has 7 nitrogen and oxygen atoms in total. The summed E-state index contributed by atoms with van der Waals surface area (Å²) >= 11 is 0. The van der Waals surface area contributed by atoms with Gasteiger partial charge in [0.05, 0.1) is 0 Å². The normalized spacial score (nSPS) is 10.5. The second-order valence-electron chi connectivity index (χ2n) is 5.20. The number of rotatable bonds is 3. The highest BCUT2D eigenvalue weighted by Gasteiger charge is 2.09. The molecular formula is C16H15N5O2. The molecule has 116 valence electrons. The number of nitrogens with zero attached hydrogens (tertiary/aromatic N) is 2. The molecule has 0 aliphatic heterocycles. The average Bonchev–Trinajstić information content (AvgIpc) is 2.93. The first-order valence-corrected chi connectivity index (χ1v) is 7.03. The monoisotopic (exact) mass is 309 g/mol. The minimum Gasteiger partial charge on any atom is -0.326 e. The number of amides is 1. The molecule has 7 heteroatoms. The van der Waals surface area contributed by atoms with Gasteiger partial charge in [0.1, 0.15) is 5.82 Å². The maximum absolute atomic E-state index is 12.3. The number of carbonyl (C=O) groups is 1. The third kappa shape index (κ3) is 3.34. The van der Waals surface area contributed by atoms with Crippen molar-refractivity contribution < 1.29 is 4.79 Å².